The van der Waals surface area contributed by atoms with E-state index in [9.17, 15) is 0 Å². The minimum atomic E-state index is -1.57. The number of aliphatic hydroxyl groups excluding tert-OH is 6. The quantitative estimate of drug-likeness (QED) is 0.330. The first-order chi connectivity index (χ1) is 7.99. The van der Waals surface area contributed by atoms with E-state index in [0.717, 1.165) is 12.8 Å². The van der Waals surface area contributed by atoms with Gasteiger partial charge in [0.1, 0.15) is 24.4 Å². The van der Waals surface area contributed by atoms with Gasteiger partial charge in [-0.3, -0.25) is 0 Å². The highest BCUT2D eigenvalue weighted by atomic mass is 16.6. The molecule has 1 aliphatic rings. The maximum atomic E-state index is 9.12. The number of ether oxygens (including phenoxy) is 1. The molecule has 0 aromatic carbocycles. The molecule has 1 heterocycles. The molecule has 104 valence electrons. The first-order valence-corrected chi connectivity index (χ1v) is 5.59. The molecule has 0 bridgehead atoms. The summed E-state index contributed by atoms with van der Waals surface area (Å²) in [5, 5.41) is 52.7. The van der Waals surface area contributed by atoms with Crippen LogP contribution in [0.15, 0.2) is 0 Å². The summed E-state index contributed by atoms with van der Waals surface area (Å²) in [5.74, 6) is 0. The maximum Gasteiger partial charge on any atom is 0.184 e. The summed E-state index contributed by atoms with van der Waals surface area (Å²) < 4.78 is 4.58. The monoisotopic (exact) mass is 254 g/mol. The molecule has 7 nitrogen and oxygen atoms in total. The van der Waals surface area contributed by atoms with Crippen LogP contribution in [-0.4, -0.2) is 74.6 Å². The van der Waals surface area contributed by atoms with Gasteiger partial charge in [-0.15, -0.1) is 0 Å². The zero-order valence-corrected chi connectivity index (χ0v) is 9.81. The van der Waals surface area contributed by atoms with Gasteiger partial charge in [0.05, 0.1) is 6.61 Å². The van der Waals surface area contributed by atoms with Gasteiger partial charge in [-0.05, 0) is 6.42 Å². The van der Waals surface area contributed by atoms with Crippen LogP contribution in [0.2, 0.25) is 0 Å². The van der Waals surface area contributed by atoms with E-state index < -0.39 is 37.3 Å². The highest BCUT2D eigenvalue weighted by Crippen LogP contribution is 2.18. The van der Waals surface area contributed by atoms with Crippen LogP contribution in [0.3, 0.4) is 0 Å². The van der Waals surface area contributed by atoms with E-state index in [-0.39, 0.29) is 0 Å². The van der Waals surface area contributed by atoms with Crippen molar-refractivity contribution in [3.05, 3.63) is 0 Å². The number of aliphatic hydroxyl groups is 6. The molecule has 6 N–H and O–H groups in total. The van der Waals surface area contributed by atoms with Gasteiger partial charge in [0.2, 0.25) is 0 Å². The van der Waals surface area contributed by atoms with Crippen LogP contribution in [0.1, 0.15) is 19.8 Å². The van der Waals surface area contributed by atoms with Crippen molar-refractivity contribution in [1.29, 1.82) is 0 Å². The van der Waals surface area contributed by atoms with E-state index in [1.165, 1.54) is 0 Å². The van der Waals surface area contributed by atoms with E-state index in [1.54, 1.807) is 0 Å². The van der Waals surface area contributed by atoms with E-state index in [0.29, 0.717) is 6.61 Å². The summed E-state index contributed by atoms with van der Waals surface area (Å²) in [5.41, 5.74) is 0. The first kappa shape index (κ1) is 16.7. The Kier molecular flexibility index (Phi) is 8.61. The summed E-state index contributed by atoms with van der Waals surface area (Å²) in [4.78, 5) is 0. The highest BCUT2D eigenvalue weighted by Gasteiger charge is 2.42. The van der Waals surface area contributed by atoms with Gasteiger partial charge in [-0.25, -0.2) is 0 Å². The summed E-state index contributed by atoms with van der Waals surface area (Å²) in [6.45, 7) is 1.87. The van der Waals surface area contributed by atoms with Crippen LogP contribution in [0.5, 0.6) is 0 Å². The highest BCUT2D eigenvalue weighted by molar-refractivity contribution is 4.87. The Morgan fingerprint density at radius 2 is 1.53 bits per heavy atom. The normalized spacial score (nSPS) is 37.2. The molecule has 1 fully saturated rings. The van der Waals surface area contributed by atoms with Gasteiger partial charge in [-0.2, -0.15) is 0 Å². The molecule has 0 saturated carbocycles. The summed E-state index contributed by atoms with van der Waals surface area (Å²) in [6.07, 6.45) is -5.00. The maximum absolute atomic E-state index is 9.12. The van der Waals surface area contributed by atoms with Gasteiger partial charge in [0.15, 0.2) is 6.29 Å². The minimum Gasteiger partial charge on any atom is -0.396 e. The van der Waals surface area contributed by atoms with Crippen LogP contribution in [0.4, 0.5) is 0 Å². The van der Waals surface area contributed by atoms with Gasteiger partial charge < -0.3 is 35.4 Å². The molecule has 1 aliphatic heterocycles. The molecule has 5 atom stereocenters. The predicted octanol–water partition coefficient (Wildman–Crippen LogP) is -2.44. The van der Waals surface area contributed by atoms with Crippen molar-refractivity contribution in [2.75, 3.05) is 13.2 Å². The summed E-state index contributed by atoms with van der Waals surface area (Å²) >= 11 is 0. The average Bonchev–Trinajstić information content (AvgIpc) is 2.33. The van der Waals surface area contributed by atoms with Crippen molar-refractivity contribution >= 4 is 0 Å². The van der Waals surface area contributed by atoms with Crippen molar-refractivity contribution in [2.24, 2.45) is 0 Å². The molecule has 0 unspecified atom stereocenters. The van der Waals surface area contributed by atoms with Crippen molar-refractivity contribution in [3.8, 4) is 0 Å². The molecule has 0 aliphatic carbocycles. The second kappa shape index (κ2) is 8.76. The lowest BCUT2D eigenvalue weighted by molar-refractivity contribution is -0.286. The molecule has 0 aromatic heterocycles. The topological polar surface area (TPSA) is 131 Å². The van der Waals surface area contributed by atoms with Gasteiger partial charge in [0, 0.05) is 6.61 Å². The van der Waals surface area contributed by atoms with E-state index in [2.05, 4.69) is 11.7 Å². The second-order valence-electron chi connectivity index (χ2n) is 3.80. The summed E-state index contributed by atoms with van der Waals surface area (Å²) in [7, 11) is 0. The minimum absolute atomic E-state index is 0.344. The lowest BCUT2D eigenvalue weighted by Gasteiger charge is -2.37. The number of rotatable bonds is 3. The Labute approximate surface area is 99.9 Å². The molecule has 0 amide bonds. The largest absolute Gasteiger partial charge is 0.396 e. The molecule has 7 heteroatoms. The van der Waals surface area contributed by atoms with Crippen LogP contribution >= 0.6 is 0 Å². The third-order valence-electron chi connectivity index (χ3n) is 2.38. The standard InChI is InChI=1S/C6H12O6.C4H10O/c7-1-2-3(8)4(9)5(10)6(11)12-2;1-2-3-4-5/h2-11H,1H2;5H,2-4H2,1H3/t2-,3-,4+,5+,6+;/m1./s1. The van der Waals surface area contributed by atoms with E-state index >= 15 is 0 Å². The molecular formula is C10H22O7. The SMILES string of the molecule is CCCCO.OC[C@H]1O[C@H](O)[C@@H](O)[C@@H](O)[C@@H]1O. The van der Waals surface area contributed by atoms with Crippen LogP contribution < -0.4 is 0 Å². The van der Waals surface area contributed by atoms with Gasteiger partial charge in [0.25, 0.3) is 0 Å². The third-order valence-corrected chi connectivity index (χ3v) is 2.38. The Balaban J connectivity index is 0.000000437. The summed E-state index contributed by atoms with van der Waals surface area (Å²) in [6, 6.07) is 0. The Bertz CT molecular complexity index is 183. The molecule has 1 rings (SSSR count). The molecule has 0 radical (unpaired) electrons. The molecule has 0 aromatic rings. The van der Waals surface area contributed by atoms with Crippen molar-refractivity contribution < 1.29 is 35.4 Å². The molecule has 0 spiro atoms. The number of hydrogen-bond donors (Lipinski definition) is 6. The smallest absolute Gasteiger partial charge is 0.184 e. The number of hydrogen-bond acceptors (Lipinski definition) is 7. The molecule has 1 saturated heterocycles. The molecular weight excluding hydrogens is 232 g/mol. The lowest BCUT2D eigenvalue weighted by atomic mass is 10.00. The van der Waals surface area contributed by atoms with Crippen molar-refractivity contribution in [3.63, 3.8) is 0 Å². The fraction of sp³-hybridized carbons (Fsp3) is 1.00. The number of unbranched alkanes of at least 4 members (excludes halogenated alkanes) is 1. The van der Waals surface area contributed by atoms with Gasteiger partial charge >= 0.3 is 0 Å². The Morgan fingerprint density at radius 1 is 0.941 bits per heavy atom. The second-order valence-corrected chi connectivity index (χ2v) is 3.80. The fourth-order valence-electron chi connectivity index (χ4n) is 1.24. The van der Waals surface area contributed by atoms with E-state index in [4.69, 9.17) is 30.6 Å². The lowest BCUT2D eigenvalue weighted by Crippen LogP contribution is -2.58. The van der Waals surface area contributed by atoms with Crippen LogP contribution in [-0.2, 0) is 4.74 Å². The van der Waals surface area contributed by atoms with Crippen LogP contribution in [0, 0.1) is 0 Å². The van der Waals surface area contributed by atoms with Crippen molar-refractivity contribution in [2.45, 2.75) is 50.5 Å². The first-order valence-electron chi connectivity index (χ1n) is 5.59. The average molecular weight is 254 g/mol. The predicted molar refractivity (Wildman–Crippen MR) is 58.0 cm³/mol. The van der Waals surface area contributed by atoms with Gasteiger partial charge in [-0.1, -0.05) is 13.3 Å². The zero-order chi connectivity index (χ0) is 13.4. The molecule has 17 heavy (non-hydrogen) atoms. The van der Waals surface area contributed by atoms with Crippen LogP contribution in [0.25, 0.3) is 0 Å². The third kappa shape index (κ3) is 5.26. The van der Waals surface area contributed by atoms with E-state index in [1.807, 2.05) is 0 Å². The van der Waals surface area contributed by atoms with Crippen molar-refractivity contribution in [1.82, 2.24) is 0 Å². The Hall–Kier alpha value is -0.280. The zero-order valence-electron chi connectivity index (χ0n) is 9.81. The fourth-order valence-corrected chi connectivity index (χ4v) is 1.24. The Morgan fingerprint density at radius 3 is 1.88 bits per heavy atom.